The van der Waals surface area contributed by atoms with Crippen LogP contribution in [0.5, 0.6) is 0 Å². The van der Waals surface area contributed by atoms with Gasteiger partial charge in [-0.05, 0) is 25.7 Å². The van der Waals surface area contributed by atoms with Crippen molar-refractivity contribution in [1.29, 1.82) is 0 Å². The topological polar surface area (TPSA) is 78.7 Å². The summed E-state index contributed by atoms with van der Waals surface area (Å²) in [5.74, 6) is -1.10. The Hall–Kier alpha value is -1.17. The van der Waals surface area contributed by atoms with Crippen molar-refractivity contribution < 1.29 is 19.2 Å². The molecule has 0 amide bonds. The average Bonchev–Trinajstić information content (AvgIpc) is 2.47. The molecule has 22 heavy (non-hydrogen) atoms. The fourth-order valence-electron chi connectivity index (χ4n) is 3.41. The summed E-state index contributed by atoms with van der Waals surface area (Å²) in [5.41, 5.74) is 0. The molecule has 0 saturated heterocycles. The number of hydrogen-bond donors (Lipinski definition) is 0. The quantitative estimate of drug-likeness (QED) is 0.410. The lowest BCUT2D eigenvalue weighted by Gasteiger charge is -2.41. The highest BCUT2D eigenvalue weighted by atomic mass is 16.6. The molecule has 5 atom stereocenters. The molecule has 0 aromatic rings. The molecule has 1 aliphatic rings. The molecular weight excluding hydrogens is 286 g/mol. The Morgan fingerprint density at radius 2 is 1.82 bits per heavy atom. The van der Waals surface area contributed by atoms with Crippen LogP contribution in [0.1, 0.15) is 53.9 Å². The summed E-state index contributed by atoms with van der Waals surface area (Å²) >= 11 is 0. The molecule has 0 heterocycles. The van der Waals surface area contributed by atoms with Gasteiger partial charge in [-0.1, -0.05) is 27.7 Å². The zero-order valence-electron chi connectivity index (χ0n) is 14.3. The smallest absolute Gasteiger partial charge is 0.309 e. The van der Waals surface area contributed by atoms with Crippen LogP contribution in [0.15, 0.2) is 0 Å². The Kier molecular flexibility index (Phi) is 7.26. The first kappa shape index (κ1) is 18.9. The van der Waals surface area contributed by atoms with Crippen molar-refractivity contribution in [3.63, 3.8) is 0 Å². The van der Waals surface area contributed by atoms with Gasteiger partial charge in [0.15, 0.2) is 0 Å². The molecule has 0 bridgehead atoms. The molecule has 128 valence electrons. The summed E-state index contributed by atoms with van der Waals surface area (Å²) in [6.45, 7) is 9.93. The predicted molar refractivity (Wildman–Crippen MR) is 83.1 cm³/mol. The summed E-state index contributed by atoms with van der Waals surface area (Å²) in [7, 11) is 0. The van der Waals surface area contributed by atoms with Gasteiger partial charge in [0.2, 0.25) is 6.04 Å². The first-order chi connectivity index (χ1) is 10.4. The molecule has 1 aliphatic carbocycles. The molecule has 0 aromatic carbocycles. The van der Waals surface area contributed by atoms with Crippen LogP contribution in [-0.2, 0) is 14.3 Å². The molecule has 0 aromatic heterocycles. The summed E-state index contributed by atoms with van der Waals surface area (Å²) in [5, 5.41) is 11.4. The number of nitrogens with zero attached hydrogens (tertiary/aromatic N) is 1. The lowest BCUT2D eigenvalue weighted by molar-refractivity contribution is -0.541. The highest BCUT2D eigenvalue weighted by Gasteiger charge is 2.50. The van der Waals surface area contributed by atoms with Crippen LogP contribution in [0.25, 0.3) is 0 Å². The van der Waals surface area contributed by atoms with E-state index < -0.39 is 12.0 Å². The van der Waals surface area contributed by atoms with Gasteiger partial charge in [-0.2, -0.15) is 0 Å². The second-order valence-corrected chi connectivity index (χ2v) is 6.20. The molecule has 6 nitrogen and oxygen atoms in total. The minimum atomic E-state index is -0.759. The van der Waals surface area contributed by atoms with Crippen molar-refractivity contribution in [2.24, 2.45) is 17.8 Å². The minimum absolute atomic E-state index is 0.0725. The third-order valence-electron chi connectivity index (χ3n) is 4.89. The van der Waals surface area contributed by atoms with Gasteiger partial charge in [0.05, 0.1) is 30.7 Å². The standard InChI is InChI=1S/C16H29NO5/c1-6-12(7-2)22-15-10(4)13(16(18)21-8-3)9-14(11(15)5)17(19)20/h10-15H,6-9H2,1-5H3/t10-,11-,13-,14+,15-/m1/s1. The molecule has 1 rings (SSSR count). The van der Waals surface area contributed by atoms with Crippen LogP contribution in [0, 0.1) is 27.9 Å². The molecule has 6 heteroatoms. The van der Waals surface area contributed by atoms with E-state index in [-0.39, 0.29) is 41.4 Å². The Morgan fingerprint density at radius 3 is 2.27 bits per heavy atom. The fraction of sp³-hybridized carbons (Fsp3) is 0.938. The van der Waals surface area contributed by atoms with Gasteiger partial charge in [0.25, 0.3) is 0 Å². The van der Waals surface area contributed by atoms with E-state index >= 15 is 0 Å². The first-order valence-electron chi connectivity index (χ1n) is 8.32. The normalized spacial score (nSPS) is 32.0. The molecule has 0 unspecified atom stereocenters. The number of rotatable bonds is 7. The lowest BCUT2D eigenvalue weighted by Crippen LogP contribution is -2.51. The summed E-state index contributed by atoms with van der Waals surface area (Å²) in [6, 6.07) is -0.759. The summed E-state index contributed by atoms with van der Waals surface area (Å²) < 4.78 is 11.2. The van der Waals surface area contributed by atoms with E-state index in [1.165, 1.54) is 0 Å². The van der Waals surface area contributed by atoms with Crippen molar-refractivity contribution in [3.05, 3.63) is 10.1 Å². The van der Waals surface area contributed by atoms with Crippen LogP contribution in [0.4, 0.5) is 0 Å². The molecule has 0 N–H and O–H groups in total. The Bertz CT molecular complexity index is 383. The molecule has 1 saturated carbocycles. The molecule has 0 spiro atoms. The first-order valence-corrected chi connectivity index (χ1v) is 8.32. The third-order valence-corrected chi connectivity index (χ3v) is 4.89. The number of nitro groups is 1. The van der Waals surface area contributed by atoms with Gasteiger partial charge in [-0.3, -0.25) is 14.9 Å². The van der Waals surface area contributed by atoms with E-state index in [0.717, 1.165) is 12.8 Å². The highest BCUT2D eigenvalue weighted by Crippen LogP contribution is 2.39. The van der Waals surface area contributed by atoms with Gasteiger partial charge >= 0.3 is 5.97 Å². The van der Waals surface area contributed by atoms with Gasteiger partial charge in [-0.25, -0.2) is 0 Å². The van der Waals surface area contributed by atoms with Crippen molar-refractivity contribution in [2.45, 2.75) is 72.1 Å². The van der Waals surface area contributed by atoms with Crippen molar-refractivity contribution in [2.75, 3.05) is 6.61 Å². The molecule has 0 aliphatic heterocycles. The van der Waals surface area contributed by atoms with Crippen LogP contribution in [0.3, 0.4) is 0 Å². The average molecular weight is 315 g/mol. The van der Waals surface area contributed by atoms with Crippen LogP contribution >= 0.6 is 0 Å². The van der Waals surface area contributed by atoms with Crippen molar-refractivity contribution in [3.8, 4) is 0 Å². The van der Waals surface area contributed by atoms with E-state index in [1.807, 2.05) is 27.7 Å². The monoisotopic (exact) mass is 315 g/mol. The molecular formula is C16H29NO5. The Balaban J connectivity index is 2.99. The molecule has 1 fully saturated rings. The van der Waals surface area contributed by atoms with Crippen molar-refractivity contribution >= 4 is 5.97 Å². The zero-order chi connectivity index (χ0) is 16.9. The van der Waals surface area contributed by atoms with E-state index in [0.29, 0.717) is 6.61 Å². The van der Waals surface area contributed by atoms with Crippen LogP contribution < -0.4 is 0 Å². The van der Waals surface area contributed by atoms with E-state index in [1.54, 1.807) is 6.92 Å². The SMILES string of the molecule is CCOC(=O)[C@@H]1C[C@H]([N+](=O)[O-])[C@@H](C)[C@H](OC(CC)CC)[C@@H]1C. The number of ether oxygens (including phenoxy) is 2. The number of esters is 1. The number of carbonyl (C=O) groups excluding carboxylic acids is 1. The maximum absolute atomic E-state index is 12.2. The van der Waals surface area contributed by atoms with Crippen LogP contribution in [-0.4, -0.2) is 35.7 Å². The van der Waals surface area contributed by atoms with Gasteiger partial charge in [0.1, 0.15) is 0 Å². The largest absolute Gasteiger partial charge is 0.466 e. The van der Waals surface area contributed by atoms with Gasteiger partial charge in [-0.15, -0.1) is 0 Å². The van der Waals surface area contributed by atoms with Crippen molar-refractivity contribution in [1.82, 2.24) is 0 Å². The summed E-state index contributed by atoms with van der Waals surface area (Å²) in [6.07, 6.45) is 1.74. The predicted octanol–water partition coefficient (Wildman–Crippen LogP) is 3.06. The highest BCUT2D eigenvalue weighted by molar-refractivity contribution is 5.73. The second-order valence-electron chi connectivity index (χ2n) is 6.20. The van der Waals surface area contributed by atoms with E-state index in [4.69, 9.17) is 9.47 Å². The third kappa shape index (κ3) is 4.18. The lowest BCUT2D eigenvalue weighted by atomic mass is 9.70. The maximum atomic E-state index is 12.2. The Labute approximate surface area is 132 Å². The fourth-order valence-corrected chi connectivity index (χ4v) is 3.41. The van der Waals surface area contributed by atoms with Crippen LogP contribution in [0.2, 0.25) is 0 Å². The Morgan fingerprint density at radius 1 is 1.23 bits per heavy atom. The minimum Gasteiger partial charge on any atom is -0.466 e. The van der Waals surface area contributed by atoms with Gasteiger partial charge in [0, 0.05) is 11.3 Å². The van der Waals surface area contributed by atoms with Gasteiger partial charge < -0.3 is 9.47 Å². The number of carbonyl (C=O) groups is 1. The zero-order valence-corrected chi connectivity index (χ0v) is 14.3. The van der Waals surface area contributed by atoms with E-state index in [2.05, 4.69) is 0 Å². The second kappa shape index (κ2) is 8.46. The number of hydrogen-bond acceptors (Lipinski definition) is 5. The molecule has 0 radical (unpaired) electrons. The summed E-state index contributed by atoms with van der Waals surface area (Å²) in [4.78, 5) is 23.2. The van der Waals surface area contributed by atoms with E-state index in [9.17, 15) is 14.9 Å². The maximum Gasteiger partial charge on any atom is 0.309 e.